The fraction of sp³-hybridized carbons (Fsp3) is 0.500. The van der Waals surface area contributed by atoms with Gasteiger partial charge in [0.2, 0.25) is 0 Å². The molecular weight excluding hydrogens is 176 g/mol. The first-order valence-corrected chi connectivity index (χ1v) is 6.93. The van der Waals surface area contributed by atoms with E-state index in [1.54, 1.807) is 0 Å². The van der Waals surface area contributed by atoms with Crippen molar-refractivity contribution in [2.75, 3.05) is 12.5 Å². The Balaban J connectivity index is 2.70. The molecular formula is C12H19S+. The summed E-state index contributed by atoms with van der Waals surface area (Å²) in [5.74, 6) is 1.87. The van der Waals surface area contributed by atoms with Gasteiger partial charge in [-0.25, -0.2) is 0 Å². The lowest BCUT2D eigenvalue weighted by Crippen LogP contribution is -1.99. The summed E-state index contributed by atoms with van der Waals surface area (Å²) in [6.45, 7) is 4.47. The van der Waals surface area contributed by atoms with Crippen LogP contribution in [-0.4, -0.2) is 12.5 Å². The second kappa shape index (κ2) is 4.71. The summed E-state index contributed by atoms with van der Waals surface area (Å²) in [6.07, 6.45) is 4.58. The third-order valence-corrected chi connectivity index (χ3v) is 3.01. The summed E-state index contributed by atoms with van der Waals surface area (Å²) in [5.41, 5.74) is 2.91. The average molecular weight is 195 g/mol. The highest BCUT2D eigenvalue weighted by Crippen LogP contribution is 2.15. The molecule has 0 aliphatic carbocycles. The van der Waals surface area contributed by atoms with E-state index in [0.29, 0.717) is 16.8 Å². The largest absolute Gasteiger partial charge is 0.132 e. The summed E-state index contributed by atoms with van der Waals surface area (Å²) in [4.78, 5) is 0. The third-order valence-electron chi connectivity index (χ3n) is 2.10. The van der Waals surface area contributed by atoms with Crippen LogP contribution in [-0.2, 0) is 16.6 Å². The van der Waals surface area contributed by atoms with E-state index < -0.39 is 0 Å². The van der Waals surface area contributed by atoms with Gasteiger partial charge in [-0.3, -0.25) is 0 Å². The van der Waals surface area contributed by atoms with Crippen LogP contribution in [0, 0.1) is 0 Å². The molecule has 0 aliphatic rings. The van der Waals surface area contributed by atoms with E-state index in [0.717, 1.165) is 0 Å². The van der Waals surface area contributed by atoms with Crippen LogP contribution in [0.1, 0.15) is 30.9 Å². The zero-order valence-electron chi connectivity index (χ0n) is 9.00. The zero-order valence-corrected chi connectivity index (χ0v) is 9.82. The predicted octanol–water partition coefficient (Wildman–Crippen LogP) is 3.19. The molecule has 1 heteroatoms. The molecule has 0 N–H and O–H groups in total. The second-order valence-corrected chi connectivity index (χ2v) is 6.29. The first-order valence-electron chi connectivity index (χ1n) is 4.72. The van der Waals surface area contributed by atoms with Crippen LogP contribution in [0.3, 0.4) is 0 Å². The highest BCUT2D eigenvalue weighted by Gasteiger charge is 2.05. The summed E-state index contributed by atoms with van der Waals surface area (Å²) >= 11 is 0. The minimum atomic E-state index is 0.516. The molecule has 0 saturated heterocycles. The number of hydrogen-bond donors (Lipinski definition) is 0. The lowest BCUT2D eigenvalue weighted by atomic mass is 10.0. The Labute approximate surface area is 84.7 Å². The molecule has 1 rings (SSSR count). The third kappa shape index (κ3) is 3.43. The Hall–Kier alpha value is -0.430. The normalized spacial score (nSPS) is 11.2. The van der Waals surface area contributed by atoms with Gasteiger partial charge < -0.3 is 0 Å². The van der Waals surface area contributed by atoms with Gasteiger partial charge in [0.1, 0.15) is 5.75 Å². The van der Waals surface area contributed by atoms with Crippen LogP contribution in [0.2, 0.25) is 0 Å². The van der Waals surface area contributed by atoms with Crippen LogP contribution in [0.25, 0.3) is 0 Å². The molecule has 0 spiro atoms. The molecule has 0 unspecified atom stereocenters. The van der Waals surface area contributed by atoms with Crippen molar-refractivity contribution in [2.24, 2.45) is 0 Å². The molecule has 1 aromatic rings. The van der Waals surface area contributed by atoms with Crippen LogP contribution >= 0.6 is 0 Å². The number of rotatable bonds is 3. The highest BCUT2D eigenvalue weighted by molar-refractivity contribution is 7.94. The number of benzene rings is 1. The minimum Gasteiger partial charge on any atom is -0.0587 e. The van der Waals surface area contributed by atoms with E-state index >= 15 is 0 Å². The van der Waals surface area contributed by atoms with Crippen LogP contribution in [0.15, 0.2) is 24.3 Å². The van der Waals surface area contributed by atoms with E-state index in [-0.39, 0.29) is 0 Å². The molecule has 0 atom stereocenters. The summed E-state index contributed by atoms with van der Waals surface area (Å²) in [6, 6.07) is 9.05. The standard InChI is InChI=1S/C12H19S/c1-10(2)12-7-5-11(6-8-12)9-13(3)4/h5-8,10H,9H2,1-4H3/q+1. The fourth-order valence-corrected chi connectivity index (χ4v) is 2.19. The van der Waals surface area contributed by atoms with Gasteiger partial charge >= 0.3 is 0 Å². The van der Waals surface area contributed by atoms with E-state index in [1.165, 1.54) is 16.9 Å². The fourth-order valence-electron chi connectivity index (χ4n) is 1.33. The Kier molecular flexibility index (Phi) is 3.86. The van der Waals surface area contributed by atoms with Crippen molar-refractivity contribution >= 4 is 10.9 Å². The van der Waals surface area contributed by atoms with Crippen LogP contribution in [0.4, 0.5) is 0 Å². The molecule has 1 aromatic carbocycles. The molecule has 0 fully saturated rings. The SMILES string of the molecule is CC(C)c1ccc(C[S+](C)C)cc1. The van der Waals surface area contributed by atoms with Crippen molar-refractivity contribution in [1.29, 1.82) is 0 Å². The van der Waals surface area contributed by atoms with Gasteiger partial charge in [0, 0.05) is 5.56 Å². The number of hydrogen-bond acceptors (Lipinski definition) is 0. The molecule has 0 bridgehead atoms. The van der Waals surface area contributed by atoms with Crippen molar-refractivity contribution < 1.29 is 0 Å². The molecule has 0 radical (unpaired) electrons. The molecule has 0 heterocycles. The Morgan fingerprint density at radius 1 is 1.08 bits per heavy atom. The molecule has 0 saturated carbocycles. The molecule has 0 aliphatic heterocycles. The molecule has 0 amide bonds. The molecule has 0 aromatic heterocycles. The van der Waals surface area contributed by atoms with Crippen molar-refractivity contribution in [1.82, 2.24) is 0 Å². The lowest BCUT2D eigenvalue weighted by Gasteiger charge is -2.05. The van der Waals surface area contributed by atoms with Crippen molar-refractivity contribution in [3.05, 3.63) is 35.4 Å². The van der Waals surface area contributed by atoms with Crippen LogP contribution < -0.4 is 0 Å². The van der Waals surface area contributed by atoms with Gasteiger partial charge in [0.15, 0.2) is 0 Å². The lowest BCUT2D eigenvalue weighted by molar-refractivity contribution is 0.866. The van der Waals surface area contributed by atoms with Crippen molar-refractivity contribution in [3.63, 3.8) is 0 Å². The van der Waals surface area contributed by atoms with E-state index in [4.69, 9.17) is 0 Å². The van der Waals surface area contributed by atoms with Gasteiger partial charge in [0.05, 0.1) is 12.5 Å². The summed E-state index contributed by atoms with van der Waals surface area (Å²) in [5, 5.41) is 0. The van der Waals surface area contributed by atoms with E-state index in [2.05, 4.69) is 50.6 Å². The predicted molar refractivity (Wildman–Crippen MR) is 63.4 cm³/mol. The topological polar surface area (TPSA) is 0 Å². The van der Waals surface area contributed by atoms with Crippen molar-refractivity contribution in [3.8, 4) is 0 Å². The van der Waals surface area contributed by atoms with Gasteiger partial charge in [-0.05, 0) is 22.4 Å². The Bertz CT molecular complexity index is 246. The Morgan fingerprint density at radius 3 is 2.00 bits per heavy atom. The quantitative estimate of drug-likeness (QED) is 0.650. The Morgan fingerprint density at radius 2 is 1.62 bits per heavy atom. The van der Waals surface area contributed by atoms with Gasteiger partial charge in [-0.15, -0.1) is 0 Å². The molecule has 72 valence electrons. The van der Waals surface area contributed by atoms with Crippen molar-refractivity contribution in [2.45, 2.75) is 25.5 Å². The van der Waals surface area contributed by atoms with E-state index in [1.807, 2.05) is 0 Å². The monoisotopic (exact) mass is 195 g/mol. The van der Waals surface area contributed by atoms with Gasteiger partial charge in [0.25, 0.3) is 0 Å². The maximum Gasteiger partial charge on any atom is 0.132 e. The first-order chi connectivity index (χ1) is 6.09. The minimum absolute atomic E-state index is 0.516. The smallest absolute Gasteiger partial charge is 0.0587 e. The van der Waals surface area contributed by atoms with Gasteiger partial charge in [-0.2, -0.15) is 0 Å². The van der Waals surface area contributed by atoms with Gasteiger partial charge in [-0.1, -0.05) is 38.1 Å². The first kappa shape index (κ1) is 10.6. The summed E-state index contributed by atoms with van der Waals surface area (Å²) < 4.78 is 0. The molecule has 13 heavy (non-hydrogen) atoms. The average Bonchev–Trinajstić information content (AvgIpc) is 2.04. The van der Waals surface area contributed by atoms with Crippen LogP contribution in [0.5, 0.6) is 0 Å². The van der Waals surface area contributed by atoms with E-state index in [9.17, 15) is 0 Å². The molecule has 0 nitrogen and oxygen atoms in total. The maximum atomic E-state index is 2.29. The second-order valence-electron chi connectivity index (χ2n) is 4.03. The summed E-state index contributed by atoms with van der Waals surface area (Å²) in [7, 11) is 0.516. The maximum absolute atomic E-state index is 2.29. The zero-order chi connectivity index (χ0) is 9.84. The highest BCUT2D eigenvalue weighted by atomic mass is 32.2.